The molecular weight excluding hydrogens is 248 g/mol. The lowest BCUT2D eigenvalue weighted by Gasteiger charge is -2.10. The fourth-order valence-corrected chi connectivity index (χ4v) is 1.84. The summed E-state index contributed by atoms with van der Waals surface area (Å²) in [5.41, 5.74) is 1.98. The van der Waals surface area contributed by atoms with Gasteiger partial charge in [-0.2, -0.15) is 0 Å². The zero-order valence-electron chi connectivity index (χ0n) is 10.2. The van der Waals surface area contributed by atoms with Crippen molar-refractivity contribution in [2.75, 3.05) is 0 Å². The normalized spacial score (nSPS) is 10.4. The first-order valence-electron chi connectivity index (χ1n) is 5.89. The van der Waals surface area contributed by atoms with Gasteiger partial charge < -0.3 is 9.84 Å². The van der Waals surface area contributed by atoms with Crippen LogP contribution in [-0.2, 0) is 13.0 Å². The first-order chi connectivity index (χ1) is 8.72. The highest BCUT2D eigenvalue weighted by Gasteiger charge is 2.05. The maximum atomic E-state index is 9.25. The van der Waals surface area contributed by atoms with Crippen LogP contribution in [-0.4, -0.2) is 5.11 Å². The molecule has 0 fully saturated rings. The van der Waals surface area contributed by atoms with Gasteiger partial charge in [-0.3, -0.25) is 0 Å². The third kappa shape index (κ3) is 3.03. The maximum Gasteiger partial charge on any atom is 0.134 e. The number of aliphatic hydroxyl groups is 1. The predicted octanol–water partition coefficient (Wildman–Crippen LogP) is 4.19. The number of benzene rings is 2. The van der Waals surface area contributed by atoms with Gasteiger partial charge in [-0.05, 0) is 36.2 Å². The smallest absolute Gasteiger partial charge is 0.134 e. The molecule has 0 heterocycles. The van der Waals surface area contributed by atoms with E-state index in [1.807, 2.05) is 24.3 Å². The topological polar surface area (TPSA) is 29.5 Å². The number of ether oxygens (including phenoxy) is 1. The van der Waals surface area contributed by atoms with Crippen LogP contribution in [0.3, 0.4) is 0 Å². The summed E-state index contributed by atoms with van der Waals surface area (Å²) < 4.78 is 5.74. The first kappa shape index (κ1) is 12.9. The van der Waals surface area contributed by atoms with Crippen LogP contribution < -0.4 is 4.74 Å². The van der Waals surface area contributed by atoms with Gasteiger partial charge in [-0.1, -0.05) is 36.7 Å². The lowest BCUT2D eigenvalue weighted by molar-refractivity contribution is 0.276. The van der Waals surface area contributed by atoms with E-state index in [4.69, 9.17) is 16.3 Å². The molecule has 2 aromatic rings. The fraction of sp³-hybridized carbons (Fsp3) is 0.200. The molecule has 0 aliphatic carbocycles. The summed E-state index contributed by atoms with van der Waals surface area (Å²) in [6, 6.07) is 13.1. The summed E-state index contributed by atoms with van der Waals surface area (Å²) in [5.74, 6) is 1.33. The quantitative estimate of drug-likeness (QED) is 0.895. The van der Waals surface area contributed by atoms with Crippen molar-refractivity contribution in [3.8, 4) is 11.5 Å². The van der Waals surface area contributed by atoms with Gasteiger partial charge in [0.15, 0.2) is 0 Å². The van der Waals surface area contributed by atoms with E-state index in [1.54, 1.807) is 18.2 Å². The number of halogens is 1. The minimum Gasteiger partial charge on any atom is -0.457 e. The van der Waals surface area contributed by atoms with Crippen molar-refractivity contribution in [1.82, 2.24) is 0 Å². The monoisotopic (exact) mass is 262 g/mol. The number of aryl methyl sites for hydroxylation is 1. The van der Waals surface area contributed by atoms with E-state index in [2.05, 4.69) is 6.92 Å². The Morgan fingerprint density at radius 1 is 1.11 bits per heavy atom. The van der Waals surface area contributed by atoms with Gasteiger partial charge in [0, 0.05) is 10.6 Å². The molecule has 18 heavy (non-hydrogen) atoms. The molecule has 0 radical (unpaired) electrons. The second-order valence-electron chi connectivity index (χ2n) is 4.01. The highest BCUT2D eigenvalue weighted by atomic mass is 35.5. The van der Waals surface area contributed by atoms with Gasteiger partial charge in [0.25, 0.3) is 0 Å². The van der Waals surface area contributed by atoms with Crippen LogP contribution in [0.4, 0.5) is 0 Å². The highest BCUT2D eigenvalue weighted by molar-refractivity contribution is 6.30. The van der Waals surface area contributed by atoms with Crippen molar-refractivity contribution < 1.29 is 9.84 Å². The van der Waals surface area contributed by atoms with Gasteiger partial charge >= 0.3 is 0 Å². The summed E-state index contributed by atoms with van der Waals surface area (Å²) >= 11 is 5.93. The molecule has 0 amide bonds. The molecule has 1 N–H and O–H groups in total. The Bertz CT molecular complexity index is 521. The van der Waals surface area contributed by atoms with E-state index < -0.39 is 0 Å². The molecule has 2 nitrogen and oxygen atoms in total. The minimum atomic E-state index is -0.0699. The lowest BCUT2D eigenvalue weighted by Crippen LogP contribution is -1.92. The zero-order valence-corrected chi connectivity index (χ0v) is 10.9. The van der Waals surface area contributed by atoms with Crippen LogP contribution in [0.25, 0.3) is 0 Å². The van der Waals surface area contributed by atoms with Crippen LogP contribution in [0.1, 0.15) is 18.1 Å². The van der Waals surface area contributed by atoms with Crippen LogP contribution in [0.2, 0.25) is 5.02 Å². The summed E-state index contributed by atoms with van der Waals surface area (Å²) in [6.45, 7) is 2.04. The van der Waals surface area contributed by atoms with Gasteiger partial charge in [0.2, 0.25) is 0 Å². The molecule has 0 aromatic heterocycles. The van der Waals surface area contributed by atoms with E-state index in [0.29, 0.717) is 10.8 Å². The average Bonchev–Trinajstić information content (AvgIpc) is 2.40. The van der Waals surface area contributed by atoms with Gasteiger partial charge in [-0.15, -0.1) is 0 Å². The van der Waals surface area contributed by atoms with Crippen LogP contribution in [0, 0.1) is 0 Å². The summed E-state index contributed by atoms with van der Waals surface area (Å²) in [6.07, 6.45) is 0.999. The number of hydrogen-bond acceptors (Lipinski definition) is 2. The van der Waals surface area contributed by atoms with E-state index in [0.717, 1.165) is 17.7 Å². The molecule has 0 aliphatic rings. The van der Waals surface area contributed by atoms with Crippen LogP contribution in [0.5, 0.6) is 11.5 Å². The largest absolute Gasteiger partial charge is 0.457 e. The lowest BCUT2D eigenvalue weighted by atomic mass is 10.1. The molecule has 0 unspecified atom stereocenters. The summed E-state index contributed by atoms with van der Waals surface area (Å²) in [7, 11) is 0. The van der Waals surface area contributed by atoms with Gasteiger partial charge in [0.05, 0.1) is 6.61 Å². The molecule has 0 aliphatic heterocycles. The summed E-state index contributed by atoms with van der Waals surface area (Å²) in [4.78, 5) is 0. The number of aliphatic hydroxyl groups excluding tert-OH is 1. The Labute approximate surface area is 112 Å². The molecule has 0 saturated heterocycles. The first-order valence-corrected chi connectivity index (χ1v) is 6.27. The molecule has 2 aromatic carbocycles. The van der Waals surface area contributed by atoms with Crippen molar-refractivity contribution in [3.63, 3.8) is 0 Å². The fourth-order valence-electron chi connectivity index (χ4n) is 1.67. The molecule has 0 saturated carbocycles. The van der Waals surface area contributed by atoms with Crippen molar-refractivity contribution in [2.45, 2.75) is 20.0 Å². The van der Waals surface area contributed by atoms with Crippen molar-refractivity contribution in [3.05, 3.63) is 58.6 Å². The molecule has 3 heteroatoms. The van der Waals surface area contributed by atoms with Crippen molar-refractivity contribution in [2.24, 2.45) is 0 Å². The Morgan fingerprint density at radius 2 is 1.83 bits per heavy atom. The minimum absolute atomic E-state index is 0.0699. The maximum absolute atomic E-state index is 9.25. The molecule has 94 valence electrons. The van der Waals surface area contributed by atoms with Crippen molar-refractivity contribution >= 4 is 11.6 Å². The average molecular weight is 263 g/mol. The number of hydrogen-bond donors (Lipinski definition) is 1. The second-order valence-corrected chi connectivity index (χ2v) is 4.45. The Balaban J connectivity index is 2.24. The van der Waals surface area contributed by atoms with Crippen molar-refractivity contribution in [1.29, 1.82) is 0 Å². The molecular formula is C15H15ClO2. The van der Waals surface area contributed by atoms with E-state index >= 15 is 0 Å². The van der Waals surface area contributed by atoms with Crippen LogP contribution >= 0.6 is 11.6 Å². The standard InChI is InChI=1S/C15H15ClO2/c1-2-11-3-7-14(8-4-11)18-15-9-13(16)6-5-12(15)10-17/h3-9,17H,2,10H2,1H3. The summed E-state index contributed by atoms with van der Waals surface area (Å²) in [5, 5.41) is 9.84. The zero-order chi connectivity index (χ0) is 13.0. The molecule has 0 spiro atoms. The Morgan fingerprint density at radius 3 is 2.44 bits per heavy atom. The third-order valence-electron chi connectivity index (χ3n) is 2.76. The molecule has 0 atom stereocenters. The van der Waals surface area contributed by atoms with Gasteiger partial charge in [-0.25, -0.2) is 0 Å². The SMILES string of the molecule is CCc1ccc(Oc2cc(Cl)ccc2CO)cc1. The van der Waals surface area contributed by atoms with Gasteiger partial charge in [0.1, 0.15) is 11.5 Å². The predicted molar refractivity (Wildman–Crippen MR) is 73.3 cm³/mol. The molecule has 2 rings (SSSR count). The second kappa shape index (κ2) is 5.89. The van der Waals surface area contributed by atoms with E-state index in [9.17, 15) is 5.11 Å². The van der Waals surface area contributed by atoms with E-state index in [1.165, 1.54) is 5.56 Å². The Hall–Kier alpha value is -1.51. The highest BCUT2D eigenvalue weighted by Crippen LogP contribution is 2.28. The molecule has 0 bridgehead atoms. The van der Waals surface area contributed by atoms with E-state index in [-0.39, 0.29) is 6.61 Å². The Kier molecular flexibility index (Phi) is 4.24. The number of rotatable bonds is 4. The van der Waals surface area contributed by atoms with Crippen LogP contribution in [0.15, 0.2) is 42.5 Å². The third-order valence-corrected chi connectivity index (χ3v) is 2.99.